The summed E-state index contributed by atoms with van der Waals surface area (Å²) in [5, 5.41) is 2.82. The fraction of sp³-hybridized carbons (Fsp3) is 0.167. The Morgan fingerprint density at radius 3 is 2.35 bits per heavy atom. The number of aryl methyl sites for hydroxylation is 2. The first-order chi connectivity index (χ1) is 11.0. The molecule has 0 aliphatic heterocycles. The van der Waals surface area contributed by atoms with E-state index in [9.17, 15) is 9.18 Å². The van der Waals surface area contributed by atoms with E-state index in [2.05, 4.69) is 15.3 Å². The minimum absolute atomic E-state index is 0.198. The van der Waals surface area contributed by atoms with Crippen LogP contribution in [0.4, 0.5) is 4.39 Å². The van der Waals surface area contributed by atoms with Gasteiger partial charge >= 0.3 is 0 Å². The van der Waals surface area contributed by atoms with E-state index in [0.717, 1.165) is 22.5 Å². The molecule has 0 aliphatic rings. The summed E-state index contributed by atoms with van der Waals surface area (Å²) in [5.74, 6) is -0.491. The fourth-order valence-corrected chi connectivity index (χ4v) is 2.26. The van der Waals surface area contributed by atoms with Crippen molar-refractivity contribution in [2.45, 2.75) is 20.4 Å². The van der Waals surface area contributed by atoms with Gasteiger partial charge in [0.25, 0.3) is 5.91 Å². The Bertz CT molecular complexity index is 875. The Labute approximate surface area is 133 Å². The molecule has 0 saturated heterocycles. The van der Waals surface area contributed by atoms with E-state index in [4.69, 9.17) is 0 Å². The molecule has 4 nitrogen and oxygen atoms in total. The van der Waals surface area contributed by atoms with Crippen LogP contribution in [0.3, 0.4) is 0 Å². The Kier molecular flexibility index (Phi) is 4.02. The highest BCUT2D eigenvalue weighted by Gasteiger charge is 2.08. The van der Waals surface area contributed by atoms with Crippen LogP contribution < -0.4 is 5.32 Å². The highest BCUT2D eigenvalue weighted by Crippen LogP contribution is 2.14. The lowest BCUT2D eigenvalue weighted by Gasteiger charge is -2.07. The van der Waals surface area contributed by atoms with Crippen molar-refractivity contribution in [3.8, 4) is 0 Å². The molecule has 1 N–H and O–H groups in total. The number of rotatable bonds is 3. The summed E-state index contributed by atoms with van der Waals surface area (Å²) in [6, 6.07) is 11.3. The van der Waals surface area contributed by atoms with Crippen LogP contribution in [0.25, 0.3) is 11.0 Å². The number of fused-ring (bicyclic) bond motifs is 1. The number of carbonyl (C=O) groups is 1. The summed E-state index contributed by atoms with van der Waals surface area (Å²) < 4.78 is 12.9. The summed E-state index contributed by atoms with van der Waals surface area (Å²) in [7, 11) is 0. The molecule has 0 saturated carbocycles. The number of hydrogen-bond acceptors (Lipinski definition) is 3. The Morgan fingerprint density at radius 1 is 1.00 bits per heavy atom. The molecule has 1 aromatic heterocycles. The van der Waals surface area contributed by atoms with E-state index in [0.29, 0.717) is 17.6 Å². The fourth-order valence-electron chi connectivity index (χ4n) is 2.26. The molecule has 2 aromatic carbocycles. The van der Waals surface area contributed by atoms with Gasteiger partial charge in [0.15, 0.2) is 0 Å². The molecule has 0 bridgehead atoms. The normalized spacial score (nSPS) is 10.7. The maximum Gasteiger partial charge on any atom is 0.251 e. The molecular weight excluding hydrogens is 293 g/mol. The lowest BCUT2D eigenvalue weighted by molar-refractivity contribution is 0.0951. The molecule has 5 heteroatoms. The van der Waals surface area contributed by atoms with Crippen molar-refractivity contribution in [3.05, 3.63) is 70.8 Å². The average molecular weight is 309 g/mol. The smallest absolute Gasteiger partial charge is 0.251 e. The van der Waals surface area contributed by atoms with Crippen LogP contribution in [0.2, 0.25) is 0 Å². The van der Waals surface area contributed by atoms with Crippen molar-refractivity contribution >= 4 is 16.9 Å². The minimum atomic E-state index is -0.293. The van der Waals surface area contributed by atoms with E-state index in [1.165, 1.54) is 12.1 Å². The summed E-state index contributed by atoms with van der Waals surface area (Å²) in [6.07, 6.45) is 0. The second-order valence-corrected chi connectivity index (χ2v) is 5.41. The zero-order chi connectivity index (χ0) is 16.4. The van der Waals surface area contributed by atoms with Crippen LogP contribution in [-0.4, -0.2) is 15.9 Å². The summed E-state index contributed by atoms with van der Waals surface area (Å²) >= 11 is 0. The van der Waals surface area contributed by atoms with Crippen LogP contribution in [0.15, 0.2) is 42.5 Å². The van der Waals surface area contributed by atoms with Crippen molar-refractivity contribution in [2.75, 3.05) is 0 Å². The molecule has 1 amide bonds. The van der Waals surface area contributed by atoms with Gasteiger partial charge in [0, 0.05) is 12.1 Å². The molecule has 0 radical (unpaired) electrons. The van der Waals surface area contributed by atoms with E-state index < -0.39 is 0 Å². The number of nitrogens with zero attached hydrogens (tertiary/aromatic N) is 2. The van der Waals surface area contributed by atoms with Crippen molar-refractivity contribution in [3.63, 3.8) is 0 Å². The molecule has 3 aromatic rings. The van der Waals surface area contributed by atoms with Gasteiger partial charge in [-0.05, 0) is 49.7 Å². The third-order valence-corrected chi connectivity index (χ3v) is 3.70. The van der Waals surface area contributed by atoms with Gasteiger partial charge in [-0.15, -0.1) is 0 Å². The van der Waals surface area contributed by atoms with Crippen LogP contribution in [0.5, 0.6) is 0 Å². The first-order valence-electron chi connectivity index (χ1n) is 7.30. The molecule has 0 fully saturated rings. The van der Waals surface area contributed by atoms with Gasteiger partial charge < -0.3 is 5.32 Å². The van der Waals surface area contributed by atoms with Crippen LogP contribution >= 0.6 is 0 Å². The van der Waals surface area contributed by atoms with Gasteiger partial charge in [0.05, 0.1) is 22.4 Å². The van der Waals surface area contributed by atoms with Crippen LogP contribution in [0, 0.1) is 19.7 Å². The van der Waals surface area contributed by atoms with Gasteiger partial charge in [-0.3, -0.25) is 4.79 Å². The number of halogens is 1. The second kappa shape index (κ2) is 6.12. The van der Waals surface area contributed by atoms with Gasteiger partial charge in [0.2, 0.25) is 0 Å². The largest absolute Gasteiger partial charge is 0.348 e. The van der Waals surface area contributed by atoms with Crippen LogP contribution in [0.1, 0.15) is 27.3 Å². The van der Waals surface area contributed by atoms with Crippen molar-refractivity contribution in [1.29, 1.82) is 0 Å². The van der Waals surface area contributed by atoms with Crippen molar-refractivity contribution in [1.82, 2.24) is 15.3 Å². The van der Waals surface area contributed by atoms with Crippen molar-refractivity contribution in [2.24, 2.45) is 0 Å². The Hall–Kier alpha value is -2.82. The second-order valence-electron chi connectivity index (χ2n) is 5.41. The topological polar surface area (TPSA) is 54.9 Å². The van der Waals surface area contributed by atoms with E-state index >= 15 is 0 Å². The molecule has 23 heavy (non-hydrogen) atoms. The SMILES string of the molecule is Cc1nc2ccc(C(=O)NCc3ccc(F)cc3)cc2nc1C. The lowest BCUT2D eigenvalue weighted by Crippen LogP contribution is -2.22. The zero-order valence-corrected chi connectivity index (χ0v) is 12.9. The Morgan fingerprint density at radius 2 is 1.65 bits per heavy atom. The van der Waals surface area contributed by atoms with E-state index in [-0.39, 0.29) is 11.7 Å². The molecule has 0 aliphatic carbocycles. The minimum Gasteiger partial charge on any atom is -0.348 e. The van der Waals surface area contributed by atoms with Crippen molar-refractivity contribution < 1.29 is 9.18 Å². The molecule has 0 atom stereocenters. The molecule has 0 unspecified atom stereocenters. The third kappa shape index (κ3) is 3.34. The van der Waals surface area contributed by atoms with Gasteiger partial charge in [0.1, 0.15) is 5.82 Å². The molecular formula is C18H16FN3O. The maximum absolute atomic E-state index is 12.9. The number of aromatic nitrogens is 2. The first-order valence-corrected chi connectivity index (χ1v) is 7.30. The number of amides is 1. The summed E-state index contributed by atoms with van der Waals surface area (Å²) in [6.45, 7) is 4.14. The third-order valence-electron chi connectivity index (χ3n) is 3.70. The first kappa shape index (κ1) is 15.1. The monoisotopic (exact) mass is 309 g/mol. The van der Waals surface area contributed by atoms with Gasteiger partial charge in [-0.1, -0.05) is 12.1 Å². The summed E-state index contributed by atoms with van der Waals surface area (Å²) in [5.41, 5.74) is 4.56. The highest BCUT2D eigenvalue weighted by atomic mass is 19.1. The number of benzene rings is 2. The van der Waals surface area contributed by atoms with E-state index in [1.54, 1.807) is 30.3 Å². The molecule has 3 rings (SSSR count). The standard InChI is InChI=1S/C18H16FN3O/c1-11-12(2)22-17-9-14(5-8-16(17)21-11)18(23)20-10-13-3-6-15(19)7-4-13/h3-9H,10H2,1-2H3,(H,20,23). The number of nitrogens with one attached hydrogen (secondary N) is 1. The van der Waals surface area contributed by atoms with Gasteiger partial charge in [-0.2, -0.15) is 0 Å². The maximum atomic E-state index is 12.9. The van der Waals surface area contributed by atoms with Crippen LogP contribution in [-0.2, 0) is 6.54 Å². The predicted molar refractivity (Wildman–Crippen MR) is 86.6 cm³/mol. The predicted octanol–water partition coefficient (Wildman–Crippen LogP) is 3.32. The Balaban J connectivity index is 1.77. The van der Waals surface area contributed by atoms with E-state index in [1.807, 2.05) is 13.8 Å². The highest BCUT2D eigenvalue weighted by molar-refractivity contribution is 5.97. The number of hydrogen-bond donors (Lipinski definition) is 1. The van der Waals surface area contributed by atoms with Gasteiger partial charge in [-0.25, -0.2) is 14.4 Å². The molecule has 0 spiro atoms. The molecule has 116 valence electrons. The lowest BCUT2D eigenvalue weighted by atomic mass is 10.1. The zero-order valence-electron chi connectivity index (χ0n) is 12.9. The average Bonchev–Trinajstić information content (AvgIpc) is 2.54. The number of carbonyl (C=O) groups excluding carboxylic acids is 1. The summed E-state index contributed by atoms with van der Waals surface area (Å²) in [4.78, 5) is 21.2. The quantitative estimate of drug-likeness (QED) is 0.807. The molecule has 1 heterocycles.